The maximum atomic E-state index is 15.8. The largest absolute Gasteiger partial charge is 0.490 e. The van der Waals surface area contributed by atoms with Gasteiger partial charge < -0.3 is 30.7 Å². The van der Waals surface area contributed by atoms with Gasteiger partial charge in [0, 0.05) is 56.2 Å². The number of ether oxygens (including phenoxy) is 1. The fourth-order valence-corrected chi connectivity index (χ4v) is 8.24. The van der Waals surface area contributed by atoms with Crippen LogP contribution >= 0.6 is 0 Å². The van der Waals surface area contributed by atoms with E-state index >= 15 is 13.2 Å². The Bertz CT molecular complexity index is 2140. The van der Waals surface area contributed by atoms with Gasteiger partial charge in [0.2, 0.25) is 0 Å². The number of pyridine rings is 1. The van der Waals surface area contributed by atoms with Crippen molar-refractivity contribution in [3.8, 4) is 11.3 Å². The van der Waals surface area contributed by atoms with Crippen molar-refractivity contribution in [1.29, 1.82) is 0 Å². The van der Waals surface area contributed by atoms with E-state index < -0.39 is 29.3 Å². The Balaban J connectivity index is 0.000000651. The molecule has 19 heteroatoms. The quantitative estimate of drug-likeness (QED) is 0.169. The second-order valence-corrected chi connectivity index (χ2v) is 14.9. The molecule has 1 amide bonds. The van der Waals surface area contributed by atoms with Crippen molar-refractivity contribution < 1.29 is 45.8 Å². The molecule has 2 atom stereocenters. The predicted octanol–water partition coefficient (Wildman–Crippen LogP) is 5.42. The van der Waals surface area contributed by atoms with Gasteiger partial charge in [-0.25, -0.2) is 27.5 Å². The topological polar surface area (TPSA) is 149 Å². The van der Waals surface area contributed by atoms with E-state index in [4.69, 9.17) is 19.7 Å². The van der Waals surface area contributed by atoms with Crippen LogP contribution in [-0.2, 0) is 22.5 Å². The van der Waals surface area contributed by atoms with Gasteiger partial charge in [-0.15, -0.1) is 5.10 Å². The number of imidazole rings is 1. The number of carboxylic acids is 1. The van der Waals surface area contributed by atoms with Crippen LogP contribution in [0.4, 0.5) is 43.5 Å². The number of alkyl halides is 5. The van der Waals surface area contributed by atoms with Crippen molar-refractivity contribution in [3.05, 3.63) is 65.4 Å². The number of aromatic nitrogens is 4. The molecule has 8 rings (SSSR count). The van der Waals surface area contributed by atoms with Crippen LogP contribution < -0.4 is 20.9 Å². The number of piperidine rings is 2. The molecule has 1 aromatic carbocycles. The summed E-state index contributed by atoms with van der Waals surface area (Å²) in [7, 11) is 3.44. The number of anilines is 3. The molecular weight excluding hydrogens is 760 g/mol. The second-order valence-electron chi connectivity index (χ2n) is 14.9. The van der Waals surface area contributed by atoms with Gasteiger partial charge in [-0.2, -0.15) is 13.2 Å². The zero-order chi connectivity index (χ0) is 40.7. The minimum atomic E-state index is -5.08. The van der Waals surface area contributed by atoms with Crippen LogP contribution in [-0.4, -0.2) is 113 Å². The molecule has 4 aliphatic rings. The molecule has 1 aliphatic carbocycles. The molecule has 0 radical (unpaired) electrons. The smallest absolute Gasteiger partial charge is 0.475 e. The number of carbonyl (C=O) groups excluding carboxylic acids is 1. The van der Waals surface area contributed by atoms with E-state index in [0.29, 0.717) is 85.8 Å². The van der Waals surface area contributed by atoms with Gasteiger partial charge in [0.25, 0.3) is 11.8 Å². The molecule has 0 bridgehead atoms. The first-order chi connectivity index (χ1) is 27.1. The summed E-state index contributed by atoms with van der Waals surface area (Å²) in [6.07, 6.45) is 1.82. The third kappa shape index (κ3) is 7.83. The number of nitrogens with zero attached hydrogens (tertiary/aromatic N) is 6. The highest BCUT2D eigenvalue weighted by Gasteiger charge is 2.56. The Morgan fingerprint density at radius 3 is 2.46 bits per heavy atom. The van der Waals surface area contributed by atoms with E-state index in [-0.39, 0.29) is 36.8 Å². The normalized spacial score (nSPS) is 21.4. The van der Waals surface area contributed by atoms with Crippen LogP contribution in [0.2, 0.25) is 0 Å². The minimum Gasteiger partial charge on any atom is -0.475 e. The SMILES string of the molecule is CNc1cc(N2CCc3c(-c4ncc(CN5CCC6(CCNCC6)C(F)(F)C5)cc4F)cccc32)nn2c(C(=O)N[C@@H]3CC[C@H]3OC)cnc12.O=C(O)C(F)(F)F. The zero-order valence-corrected chi connectivity index (χ0v) is 31.3. The molecule has 3 aliphatic heterocycles. The van der Waals surface area contributed by atoms with Crippen molar-refractivity contribution in [3.63, 3.8) is 0 Å². The fourth-order valence-electron chi connectivity index (χ4n) is 8.24. The lowest BCUT2D eigenvalue weighted by Gasteiger charge is -2.49. The summed E-state index contributed by atoms with van der Waals surface area (Å²) in [5, 5.41) is 21.4. The molecular formula is C38H43F6N9O4. The Hall–Kier alpha value is -5.01. The molecule has 1 saturated carbocycles. The molecule has 13 nitrogen and oxygen atoms in total. The number of hydrogen-bond donors (Lipinski definition) is 4. The number of rotatable bonds is 8. The summed E-state index contributed by atoms with van der Waals surface area (Å²) >= 11 is 0. The minimum absolute atomic E-state index is 0.00459. The first-order valence-corrected chi connectivity index (χ1v) is 18.7. The third-order valence-electron chi connectivity index (χ3n) is 11.6. The van der Waals surface area contributed by atoms with Crippen LogP contribution in [0.25, 0.3) is 16.9 Å². The Morgan fingerprint density at radius 2 is 1.82 bits per heavy atom. The monoisotopic (exact) mass is 803 g/mol. The van der Waals surface area contributed by atoms with Gasteiger partial charge in [-0.1, -0.05) is 12.1 Å². The summed E-state index contributed by atoms with van der Waals surface area (Å²) < 4.78 is 85.3. The van der Waals surface area contributed by atoms with E-state index in [1.807, 2.05) is 29.2 Å². The highest BCUT2D eigenvalue weighted by Crippen LogP contribution is 2.50. The zero-order valence-electron chi connectivity index (χ0n) is 31.3. The van der Waals surface area contributed by atoms with Crippen LogP contribution in [0.15, 0.2) is 42.7 Å². The number of methoxy groups -OCH3 is 1. The van der Waals surface area contributed by atoms with E-state index in [1.54, 1.807) is 29.8 Å². The van der Waals surface area contributed by atoms with Gasteiger partial charge in [0.05, 0.1) is 30.6 Å². The first-order valence-electron chi connectivity index (χ1n) is 18.7. The van der Waals surface area contributed by atoms with Gasteiger partial charge in [0.1, 0.15) is 11.5 Å². The molecule has 6 heterocycles. The van der Waals surface area contributed by atoms with Crippen LogP contribution in [0.3, 0.4) is 0 Å². The number of amides is 1. The molecule has 57 heavy (non-hydrogen) atoms. The predicted molar refractivity (Wildman–Crippen MR) is 197 cm³/mol. The maximum absolute atomic E-state index is 15.8. The standard InChI is InChI=1S/C36H42F3N9O2.C2HF3O2/c1-40-27-17-31(45-48-29(19-43-33(27)48)34(49)44-26-6-7-30(26)50-2)47-14-8-23-24(4-3-5-28(23)47)32-25(37)16-22(18-42-32)20-46-15-11-35(36(38,39)21-46)9-12-41-13-10-35;3-2(4,5)1(6)7/h3-5,16-19,26,30,40-41H,6-15,20-21H2,1-2H3,(H,44,49);(H,6,7)/t26-,30-;/m1./s1. The Labute approximate surface area is 323 Å². The van der Waals surface area contributed by atoms with Gasteiger partial charge >= 0.3 is 12.1 Å². The third-order valence-corrected chi connectivity index (χ3v) is 11.6. The van der Waals surface area contributed by atoms with Gasteiger partial charge in [-0.05, 0) is 81.4 Å². The van der Waals surface area contributed by atoms with Gasteiger partial charge in [0.15, 0.2) is 17.2 Å². The lowest BCUT2D eigenvalue weighted by Crippen LogP contribution is -2.58. The van der Waals surface area contributed by atoms with Crippen LogP contribution in [0.5, 0.6) is 0 Å². The average Bonchev–Trinajstić information content (AvgIpc) is 3.80. The number of aliphatic carboxylic acids is 1. The molecule has 1 spiro atoms. The van der Waals surface area contributed by atoms with E-state index in [9.17, 15) is 18.0 Å². The summed E-state index contributed by atoms with van der Waals surface area (Å²) in [6.45, 7) is 2.28. The number of carboxylic acid groups (broad SMARTS) is 1. The number of carbonyl (C=O) groups is 2. The average molecular weight is 804 g/mol. The van der Waals surface area contributed by atoms with Crippen molar-refractivity contribution in [2.24, 2.45) is 5.41 Å². The van der Waals surface area contributed by atoms with Gasteiger partial charge in [-0.3, -0.25) is 14.7 Å². The summed E-state index contributed by atoms with van der Waals surface area (Å²) in [5.41, 5.74) is 3.88. The van der Waals surface area contributed by atoms with Crippen molar-refractivity contribution in [2.45, 2.75) is 69.3 Å². The highest BCUT2D eigenvalue weighted by atomic mass is 19.4. The van der Waals surface area contributed by atoms with E-state index in [1.165, 1.54) is 12.3 Å². The van der Waals surface area contributed by atoms with Crippen molar-refractivity contribution in [1.82, 2.24) is 35.1 Å². The second kappa shape index (κ2) is 15.7. The molecule has 4 aromatic rings. The Kier molecular flexibility index (Phi) is 11.1. The van der Waals surface area contributed by atoms with Crippen molar-refractivity contribution >= 4 is 34.7 Å². The number of nitrogens with one attached hydrogen (secondary N) is 3. The van der Waals surface area contributed by atoms with Crippen molar-refractivity contribution in [2.75, 3.05) is 57.1 Å². The summed E-state index contributed by atoms with van der Waals surface area (Å²) in [6, 6.07) is 8.96. The molecule has 306 valence electrons. The van der Waals surface area contributed by atoms with Crippen LogP contribution in [0.1, 0.15) is 53.7 Å². The molecule has 0 unspecified atom stereocenters. The maximum Gasteiger partial charge on any atom is 0.490 e. The number of halogens is 6. The summed E-state index contributed by atoms with van der Waals surface area (Å²) in [5.74, 6) is -5.70. The lowest BCUT2D eigenvalue weighted by atomic mass is 9.69. The summed E-state index contributed by atoms with van der Waals surface area (Å²) in [4.78, 5) is 35.0. The Morgan fingerprint density at radius 1 is 1.07 bits per heavy atom. The number of hydrogen-bond acceptors (Lipinski definition) is 10. The molecule has 4 N–H and O–H groups in total. The number of fused-ring (bicyclic) bond motifs is 2. The lowest BCUT2D eigenvalue weighted by molar-refractivity contribution is -0.192. The van der Waals surface area contributed by atoms with E-state index in [0.717, 1.165) is 24.1 Å². The number of likely N-dealkylation sites (tertiary alicyclic amines) is 1. The molecule has 2 saturated heterocycles. The number of benzene rings is 1. The van der Waals surface area contributed by atoms with Crippen LogP contribution in [0, 0.1) is 11.2 Å². The highest BCUT2D eigenvalue weighted by molar-refractivity contribution is 5.94. The fraction of sp³-hybridized carbons (Fsp3) is 0.500. The van der Waals surface area contributed by atoms with E-state index in [2.05, 4.69) is 25.9 Å². The molecule has 3 aromatic heterocycles. The first kappa shape index (κ1) is 40.2. The molecule has 3 fully saturated rings.